The number of nitrogens with zero attached hydrogens (tertiary/aromatic N) is 1. The molecule has 1 N–H and O–H groups in total. The molecule has 1 aliphatic rings. The van der Waals surface area contributed by atoms with Crippen LogP contribution >= 0.6 is 0 Å². The van der Waals surface area contributed by atoms with Gasteiger partial charge in [0.25, 0.3) is 0 Å². The molecule has 0 saturated heterocycles. The van der Waals surface area contributed by atoms with Crippen LogP contribution in [0.3, 0.4) is 0 Å². The number of aliphatic hydroxyl groups is 1. The van der Waals surface area contributed by atoms with Crippen LogP contribution < -0.4 is 4.74 Å². The third-order valence-corrected chi connectivity index (χ3v) is 3.18. The van der Waals surface area contributed by atoms with Gasteiger partial charge in [0.05, 0.1) is 12.4 Å². The van der Waals surface area contributed by atoms with Crippen molar-refractivity contribution in [3.63, 3.8) is 0 Å². The maximum Gasteiger partial charge on any atom is 0.165 e. The molecule has 3 atom stereocenters. The Balaban J connectivity index is 2.01. The molecule has 1 aromatic carbocycles. The Morgan fingerprint density at radius 2 is 2.00 bits per heavy atom. The third-order valence-electron chi connectivity index (χ3n) is 3.18. The SMILES string of the molecule is O[C@H]1c2cccc(Oc3cncc(F)c3)c2[C@@H](F)[C@H]1F. The van der Waals surface area contributed by atoms with Crippen molar-refractivity contribution in [3.8, 4) is 11.5 Å². The van der Waals surface area contributed by atoms with Crippen LogP contribution in [0.5, 0.6) is 11.5 Å². The number of ether oxygens (including phenoxy) is 1. The first-order valence-electron chi connectivity index (χ1n) is 5.95. The van der Waals surface area contributed by atoms with Crippen molar-refractivity contribution >= 4 is 0 Å². The van der Waals surface area contributed by atoms with Crippen LogP contribution in [0.2, 0.25) is 0 Å². The van der Waals surface area contributed by atoms with Crippen molar-refractivity contribution < 1.29 is 23.0 Å². The average molecular weight is 281 g/mol. The molecule has 0 unspecified atom stereocenters. The molecule has 0 aliphatic heterocycles. The highest BCUT2D eigenvalue weighted by Gasteiger charge is 2.42. The first-order chi connectivity index (χ1) is 9.58. The number of hydrogen-bond acceptors (Lipinski definition) is 3. The predicted octanol–water partition coefficient (Wildman–Crippen LogP) is 3.41. The maximum absolute atomic E-state index is 13.9. The van der Waals surface area contributed by atoms with Crippen LogP contribution in [-0.4, -0.2) is 16.3 Å². The molecule has 3 nitrogen and oxygen atoms in total. The Kier molecular flexibility index (Phi) is 3.10. The molecule has 0 amide bonds. The van der Waals surface area contributed by atoms with Crippen LogP contribution in [-0.2, 0) is 0 Å². The summed E-state index contributed by atoms with van der Waals surface area (Å²) in [5, 5.41) is 9.61. The van der Waals surface area contributed by atoms with Crippen LogP contribution in [0.1, 0.15) is 23.4 Å². The summed E-state index contributed by atoms with van der Waals surface area (Å²) in [5.41, 5.74) is 0.101. The maximum atomic E-state index is 13.9. The molecule has 1 aliphatic carbocycles. The topological polar surface area (TPSA) is 42.4 Å². The zero-order valence-corrected chi connectivity index (χ0v) is 10.1. The fraction of sp³-hybridized carbons (Fsp3) is 0.214. The van der Waals surface area contributed by atoms with Crippen molar-refractivity contribution in [2.24, 2.45) is 0 Å². The van der Waals surface area contributed by atoms with E-state index in [1.165, 1.54) is 24.4 Å². The molecule has 1 heterocycles. The molecule has 20 heavy (non-hydrogen) atoms. The fourth-order valence-electron chi connectivity index (χ4n) is 2.27. The van der Waals surface area contributed by atoms with E-state index in [0.29, 0.717) is 0 Å². The molecule has 3 rings (SSSR count). The van der Waals surface area contributed by atoms with Gasteiger partial charge in [-0.1, -0.05) is 12.1 Å². The van der Waals surface area contributed by atoms with Crippen LogP contribution in [0.25, 0.3) is 0 Å². The Bertz CT molecular complexity index is 650. The van der Waals surface area contributed by atoms with Crippen molar-refractivity contribution in [2.75, 3.05) is 0 Å². The van der Waals surface area contributed by atoms with E-state index in [1.54, 1.807) is 0 Å². The number of rotatable bonds is 2. The van der Waals surface area contributed by atoms with Gasteiger partial charge in [0, 0.05) is 11.6 Å². The van der Waals surface area contributed by atoms with Crippen molar-refractivity contribution in [1.29, 1.82) is 0 Å². The Morgan fingerprint density at radius 3 is 2.75 bits per heavy atom. The predicted molar refractivity (Wildman–Crippen MR) is 64.4 cm³/mol. The molecular weight excluding hydrogens is 271 g/mol. The lowest BCUT2D eigenvalue weighted by molar-refractivity contribution is 0.0465. The summed E-state index contributed by atoms with van der Waals surface area (Å²) >= 11 is 0. The summed E-state index contributed by atoms with van der Waals surface area (Å²) < 4.78 is 45.8. The summed E-state index contributed by atoms with van der Waals surface area (Å²) in [6, 6.07) is 5.46. The van der Waals surface area contributed by atoms with E-state index in [1.807, 2.05) is 0 Å². The lowest BCUT2D eigenvalue weighted by Gasteiger charge is -2.11. The second kappa shape index (κ2) is 4.79. The van der Waals surface area contributed by atoms with Gasteiger partial charge in [-0.25, -0.2) is 13.2 Å². The number of alkyl halides is 2. The van der Waals surface area contributed by atoms with Crippen molar-refractivity contribution in [2.45, 2.75) is 18.4 Å². The van der Waals surface area contributed by atoms with Crippen molar-refractivity contribution in [3.05, 3.63) is 53.6 Å². The number of pyridine rings is 1. The minimum atomic E-state index is -2.03. The Hall–Kier alpha value is -2.08. The van der Waals surface area contributed by atoms with Gasteiger partial charge in [0.1, 0.15) is 23.4 Å². The highest BCUT2D eigenvalue weighted by molar-refractivity contribution is 5.49. The largest absolute Gasteiger partial charge is 0.455 e. The van der Waals surface area contributed by atoms with E-state index in [2.05, 4.69) is 4.98 Å². The molecule has 6 heteroatoms. The van der Waals surface area contributed by atoms with Crippen LogP contribution in [0, 0.1) is 5.82 Å². The van der Waals surface area contributed by atoms with Gasteiger partial charge in [0.2, 0.25) is 0 Å². The molecule has 104 valence electrons. The molecule has 0 fully saturated rings. The van der Waals surface area contributed by atoms with Gasteiger partial charge in [-0.3, -0.25) is 4.98 Å². The number of halogens is 3. The summed E-state index contributed by atoms with van der Waals surface area (Å²) in [5.74, 6) is -0.487. The van der Waals surface area contributed by atoms with Gasteiger partial charge in [0.15, 0.2) is 12.3 Å². The Morgan fingerprint density at radius 1 is 1.20 bits per heavy atom. The lowest BCUT2D eigenvalue weighted by atomic mass is 10.1. The first kappa shape index (κ1) is 12.9. The monoisotopic (exact) mass is 281 g/mol. The second-order valence-corrected chi connectivity index (χ2v) is 4.49. The number of aromatic nitrogens is 1. The third kappa shape index (κ3) is 2.02. The van der Waals surface area contributed by atoms with Crippen LogP contribution in [0.4, 0.5) is 13.2 Å². The fourth-order valence-corrected chi connectivity index (χ4v) is 2.27. The van der Waals surface area contributed by atoms with Gasteiger partial charge < -0.3 is 9.84 Å². The molecule has 1 aromatic heterocycles. The van der Waals surface area contributed by atoms with E-state index >= 15 is 0 Å². The standard InChI is InChI=1S/C14H10F3NO2/c15-7-4-8(6-18-5-7)20-10-3-1-2-9-11(10)12(16)13(17)14(9)19/h1-6,12-14,19H/t12-,13-,14+/m1/s1. The molecule has 2 aromatic rings. The summed E-state index contributed by atoms with van der Waals surface area (Å²) in [6.45, 7) is 0. The number of fused-ring (bicyclic) bond motifs is 1. The number of benzene rings is 1. The highest BCUT2D eigenvalue weighted by Crippen LogP contribution is 2.48. The van der Waals surface area contributed by atoms with E-state index in [4.69, 9.17) is 4.74 Å². The quantitative estimate of drug-likeness (QED) is 0.917. The Labute approximate surface area is 112 Å². The van der Waals surface area contributed by atoms with Gasteiger partial charge in [-0.05, 0) is 11.6 Å². The van der Waals surface area contributed by atoms with E-state index in [-0.39, 0.29) is 22.6 Å². The smallest absolute Gasteiger partial charge is 0.165 e. The molecule has 0 radical (unpaired) electrons. The first-order valence-corrected chi connectivity index (χ1v) is 5.95. The number of aliphatic hydroxyl groups excluding tert-OH is 1. The minimum Gasteiger partial charge on any atom is -0.455 e. The van der Waals surface area contributed by atoms with Gasteiger partial charge in [-0.2, -0.15) is 0 Å². The van der Waals surface area contributed by atoms with Crippen LogP contribution in [0.15, 0.2) is 36.7 Å². The van der Waals surface area contributed by atoms with Gasteiger partial charge >= 0.3 is 0 Å². The normalized spacial score (nSPS) is 24.5. The zero-order chi connectivity index (χ0) is 14.3. The van der Waals surface area contributed by atoms with E-state index in [0.717, 1.165) is 12.3 Å². The average Bonchev–Trinajstić information content (AvgIpc) is 2.65. The lowest BCUT2D eigenvalue weighted by Crippen LogP contribution is -2.09. The summed E-state index contributed by atoms with van der Waals surface area (Å²) in [4.78, 5) is 3.61. The molecule has 0 saturated carbocycles. The van der Waals surface area contributed by atoms with Gasteiger partial charge in [-0.15, -0.1) is 0 Å². The molecule has 0 bridgehead atoms. The molecule has 0 spiro atoms. The van der Waals surface area contributed by atoms with E-state index < -0.39 is 24.3 Å². The second-order valence-electron chi connectivity index (χ2n) is 4.49. The van der Waals surface area contributed by atoms with Crippen molar-refractivity contribution in [1.82, 2.24) is 4.98 Å². The number of hydrogen-bond donors (Lipinski definition) is 1. The summed E-state index contributed by atoms with van der Waals surface area (Å²) in [6.07, 6.45) is -3.26. The minimum absolute atomic E-state index is 0.0431. The summed E-state index contributed by atoms with van der Waals surface area (Å²) in [7, 11) is 0. The molecular formula is C14H10F3NO2. The van der Waals surface area contributed by atoms with E-state index in [9.17, 15) is 18.3 Å². The zero-order valence-electron chi connectivity index (χ0n) is 10.1. The highest BCUT2D eigenvalue weighted by atomic mass is 19.2.